The van der Waals surface area contributed by atoms with Gasteiger partial charge in [-0.2, -0.15) is 0 Å². The Kier molecular flexibility index (Phi) is 3.60. The molecule has 1 aliphatic carbocycles. The maximum atomic E-state index is 13.0. The number of rotatable bonds is 4. The Morgan fingerprint density at radius 2 is 2.04 bits per heavy atom. The van der Waals surface area contributed by atoms with Crippen LogP contribution in [0, 0.1) is 6.92 Å². The molecule has 0 saturated heterocycles. The summed E-state index contributed by atoms with van der Waals surface area (Å²) in [6.45, 7) is 2.37. The quantitative estimate of drug-likeness (QED) is 0.720. The average Bonchev–Trinajstić information content (AvgIpc) is 3.36. The summed E-state index contributed by atoms with van der Waals surface area (Å²) in [6, 6.07) is 13.7. The topological polar surface area (TPSA) is 46.3 Å². The van der Waals surface area contributed by atoms with Gasteiger partial charge in [-0.25, -0.2) is 0 Å². The third-order valence-corrected chi connectivity index (χ3v) is 4.50. The number of carbonyl (C=O) groups is 1. The molecule has 1 saturated carbocycles. The lowest BCUT2D eigenvalue weighted by Gasteiger charge is -2.17. The molecular weight excluding hydrogens is 300 g/mol. The van der Waals surface area contributed by atoms with Crippen molar-refractivity contribution in [3.63, 3.8) is 0 Å². The zero-order chi connectivity index (χ0) is 16.7. The predicted octanol–water partition coefficient (Wildman–Crippen LogP) is 4.29. The van der Waals surface area contributed by atoms with Crippen LogP contribution >= 0.6 is 0 Å². The van der Waals surface area contributed by atoms with Crippen molar-refractivity contribution in [1.29, 1.82) is 0 Å². The van der Waals surface area contributed by atoms with Crippen molar-refractivity contribution in [3.8, 4) is 0 Å². The van der Waals surface area contributed by atoms with E-state index >= 15 is 0 Å². The molecule has 2 heterocycles. The molecule has 24 heavy (non-hydrogen) atoms. The molecule has 0 N–H and O–H groups in total. The second-order valence-corrected chi connectivity index (χ2v) is 6.56. The van der Waals surface area contributed by atoms with Gasteiger partial charge in [-0.05, 0) is 44.0 Å². The van der Waals surface area contributed by atoms with Crippen molar-refractivity contribution >= 4 is 16.8 Å². The van der Waals surface area contributed by atoms with Crippen molar-refractivity contribution in [2.45, 2.75) is 32.2 Å². The van der Waals surface area contributed by atoms with E-state index in [0.29, 0.717) is 12.5 Å². The largest absolute Gasteiger partial charge is 0.464 e. The zero-order valence-corrected chi connectivity index (χ0v) is 14.0. The van der Waals surface area contributed by atoms with Crippen LogP contribution in [-0.2, 0) is 6.54 Å². The van der Waals surface area contributed by atoms with Crippen LogP contribution in [0.25, 0.3) is 10.9 Å². The first-order valence-corrected chi connectivity index (χ1v) is 8.32. The summed E-state index contributed by atoms with van der Waals surface area (Å²) in [5.74, 6) is 2.17. The number of fused-ring (bicyclic) bond motifs is 1. The number of para-hydroxylation sites is 1. The standard InChI is InChI=1S/C20H20N2O2/c1-13-7-10-15(24-13)12-22(2)20(23)17-11-19(14-8-9-14)21-18-6-4-3-5-16(17)18/h3-7,10-11,14H,8-9,12H2,1-2H3. The lowest BCUT2D eigenvalue weighted by Crippen LogP contribution is -2.26. The number of carbonyl (C=O) groups excluding carboxylic acids is 1. The van der Waals surface area contributed by atoms with Gasteiger partial charge >= 0.3 is 0 Å². The maximum absolute atomic E-state index is 13.0. The van der Waals surface area contributed by atoms with Gasteiger partial charge in [-0.15, -0.1) is 0 Å². The second kappa shape index (κ2) is 5.78. The number of aromatic nitrogens is 1. The summed E-state index contributed by atoms with van der Waals surface area (Å²) >= 11 is 0. The van der Waals surface area contributed by atoms with Gasteiger partial charge in [-0.1, -0.05) is 18.2 Å². The molecule has 122 valence electrons. The fourth-order valence-electron chi connectivity index (χ4n) is 3.04. The van der Waals surface area contributed by atoms with Gasteiger partial charge in [0, 0.05) is 24.0 Å². The van der Waals surface area contributed by atoms with Crippen LogP contribution in [0.15, 0.2) is 46.9 Å². The van der Waals surface area contributed by atoms with E-state index in [-0.39, 0.29) is 5.91 Å². The Balaban J connectivity index is 1.70. The molecule has 0 radical (unpaired) electrons. The number of amides is 1. The van der Waals surface area contributed by atoms with Crippen LogP contribution in [0.2, 0.25) is 0 Å². The highest BCUT2D eigenvalue weighted by Gasteiger charge is 2.27. The molecule has 4 heteroatoms. The minimum Gasteiger partial charge on any atom is -0.464 e. The Labute approximate surface area is 141 Å². The summed E-state index contributed by atoms with van der Waals surface area (Å²) < 4.78 is 5.59. The van der Waals surface area contributed by atoms with E-state index in [1.165, 1.54) is 12.8 Å². The van der Waals surface area contributed by atoms with Crippen LogP contribution in [0.3, 0.4) is 0 Å². The highest BCUT2D eigenvalue weighted by atomic mass is 16.3. The van der Waals surface area contributed by atoms with E-state index in [1.54, 1.807) is 4.90 Å². The minimum absolute atomic E-state index is 0.00422. The van der Waals surface area contributed by atoms with E-state index in [0.717, 1.165) is 33.7 Å². The average molecular weight is 320 g/mol. The van der Waals surface area contributed by atoms with Crippen LogP contribution in [0.1, 0.15) is 46.3 Å². The Hall–Kier alpha value is -2.62. The van der Waals surface area contributed by atoms with Gasteiger partial charge in [-0.3, -0.25) is 9.78 Å². The summed E-state index contributed by atoms with van der Waals surface area (Å²) in [5.41, 5.74) is 2.67. The number of hydrogen-bond acceptors (Lipinski definition) is 3. The summed E-state index contributed by atoms with van der Waals surface area (Å²) in [4.78, 5) is 19.5. The second-order valence-electron chi connectivity index (χ2n) is 6.56. The molecule has 4 nitrogen and oxygen atoms in total. The van der Waals surface area contributed by atoms with Crippen LogP contribution in [0.5, 0.6) is 0 Å². The van der Waals surface area contributed by atoms with E-state index in [1.807, 2.05) is 56.4 Å². The monoisotopic (exact) mass is 320 g/mol. The number of aryl methyl sites for hydroxylation is 1. The molecule has 1 aromatic carbocycles. The minimum atomic E-state index is 0.00422. The fourth-order valence-corrected chi connectivity index (χ4v) is 3.04. The Morgan fingerprint density at radius 1 is 1.25 bits per heavy atom. The molecular formula is C20H20N2O2. The molecule has 1 aliphatic rings. The van der Waals surface area contributed by atoms with Gasteiger partial charge < -0.3 is 9.32 Å². The zero-order valence-electron chi connectivity index (χ0n) is 14.0. The summed E-state index contributed by atoms with van der Waals surface area (Å²) in [7, 11) is 1.81. The molecule has 0 unspecified atom stereocenters. The van der Waals surface area contributed by atoms with Gasteiger partial charge in [0.05, 0.1) is 17.6 Å². The van der Waals surface area contributed by atoms with Crippen molar-refractivity contribution in [1.82, 2.24) is 9.88 Å². The molecule has 0 aliphatic heterocycles. The normalized spacial score (nSPS) is 14.1. The van der Waals surface area contributed by atoms with E-state index in [2.05, 4.69) is 0 Å². The van der Waals surface area contributed by atoms with Gasteiger partial charge in [0.25, 0.3) is 5.91 Å². The maximum Gasteiger partial charge on any atom is 0.254 e. The molecule has 0 atom stereocenters. The number of nitrogens with zero attached hydrogens (tertiary/aromatic N) is 2. The predicted molar refractivity (Wildman–Crippen MR) is 93.0 cm³/mol. The Morgan fingerprint density at radius 3 is 2.75 bits per heavy atom. The third-order valence-electron chi connectivity index (χ3n) is 4.50. The molecule has 2 aromatic heterocycles. The number of furan rings is 1. The van der Waals surface area contributed by atoms with Crippen molar-refractivity contribution in [2.75, 3.05) is 7.05 Å². The molecule has 3 aromatic rings. The first-order valence-electron chi connectivity index (χ1n) is 8.32. The lowest BCUT2D eigenvalue weighted by atomic mass is 10.0. The molecule has 0 spiro atoms. The van der Waals surface area contributed by atoms with E-state index in [9.17, 15) is 4.79 Å². The highest BCUT2D eigenvalue weighted by molar-refractivity contribution is 6.06. The van der Waals surface area contributed by atoms with Crippen molar-refractivity contribution < 1.29 is 9.21 Å². The fraction of sp³-hybridized carbons (Fsp3) is 0.300. The number of benzene rings is 1. The summed E-state index contributed by atoms with van der Waals surface area (Å²) in [5, 5.41) is 0.911. The smallest absolute Gasteiger partial charge is 0.254 e. The number of hydrogen-bond donors (Lipinski definition) is 0. The first kappa shape index (κ1) is 14.9. The third kappa shape index (κ3) is 2.80. The highest BCUT2D eigenvalue weighted by Crippen LogP contribution is 2.40. The number of pyridine rings is 1. The molecule has 1 amide bonds. The molecule has 0 bridgehead atoms. The summed E-state index contributed by atoms with van der Waals surface area (Å²) in [6.07, 6.45) is 2.33. The van der Waals surface area contributed by atoms with Gasteiger partial charge in [0.2, 0.25) is 0 Å². The van der Waals surface area contributed by atoms with Crippen LogP contribution in [0.4, 0.5) is 0 Å². The van der Waals surface area contributed by atoms with E-state index < -0.39 is 0 Å². The SMILES string of the molecule is Cc1ccc(CN(C)C(=O)c2cc(C3CC3)nc3ccccc23)o1. The Bertz CT molecular complexity index is 909. The van der Waals surface area contributed by atoms with Crippen molar-refractivity contribution in [2.24, 2.45) is 0 Å². The van der Waals surface area contributed by atoms with Gasteiger partial charge in [0.1, 0.15) is 11.5 Å². The van der Waals surface area contributed by atoms with Crippen molar-refractivity contribution in [3.05, 3.63) is 65.2 Å². The lowest BCUT2D eigenvalue weighted by molar-refractivity contribution is 0.0777. The van der Waals surface area contributed by atoms with Crippen LogP contribution in [-0.4, -0.2) is 22.8 Å². The van der Waals surface area contributed by atoms with E-state index in [4.69, 9.17) is 9.40 Å². The van der Waals surface area contributed by atoms with Gasteiger partial charge in [0.15, 0.2) is 0 Å². The molecule has 1 fully saturated rings. The van der Waals surface area contributed by atoms with Crippen LogP contribution < -0.4 is 0 Å². The molecule has 4 rings (SSSR count). The first-order chi connectivity index (χ1) is 11.6.